The Kier molecular flexibility index (Phi) is 5.26. The molecule has 0 fully saturated rings. The molecule has 1 aromatic rings. The van der Waals surface area contributed by atoms with E-state index in [-0.39, 0.29) is 5.82 Å². The standard InChI is InChI=1S/C13H19FO2/c1-3-5-13(15)11-9-10(16-8-4-2)6-7-12(11)14/h6-7,9,13,15H,3-5,8H2,1-2H3. The minimum atomic E-state index is -0.741. The fourth-order valence-corrected chi connectivity index (χ4v) is 1.52. The minimum absolute atomic E-state index is 0.329. The molecule has 1 aromatic carbocycles. The second-order valence-corrected chi connectivity index (χ2v) is 3.84. The van der Waals surface area contributed by atoms with E-state index in [4.69, 9.17) is 4.74 Å². The van der Waals surface area contributed by atoms with Gasteiger partial charge in [0.15, 0.2) is 0 Å². The smallest absolute Gasteiger partial charge is 0.129 e. The zero-order chi connectivity index (χ0) is 12.0. The van der Waals surface area contributed by atoms with Crippen molar-refractivity contribution >= 4 is 0 Å². The number of hydrogen-bond acceptors (Lipinski definition) is 2. The summed E-state index contributed by atoms with van der Waals surface area (Å²) in [5.74, 6) is 0.248. The van der Waals surface area contributed by atoms with Crippen LogP contribution in [0, 0.1) is 5.82 Å². The molecule has 0 radical (unpaired) electrons. The number of ether oxygens (including phenoxy) is 1. The van der Waals surface area contributed by atoms with Crippen LogP contribution in [0.25, 0.3) is 0 Å². The van der Waals surface area contributed by atoms with E-state index in [9.17, 15) is 9.50 Å². The third-order valence-corrected chi connectivity index (χ3v) is 2.36. The topological polar surface area (TPSA) is 29.5 Å². The van der Waals surface area contributed by atoms with Gasteiger partial charge < -0.3 is 9.84 Å². The quantitative estimate of drug-likeness (QED) is 0.805. The van der Waals surface area contributed by atoms with Crippen LogP contribution in [0.2, 0.25) is 0 Å². The second-order valence-electron chi connectivity index (χ2n) is 3.84. The van der Waals surface area contributed by atoms with Crippen LogP contribution in [-0.2, 0) is 0 Å². The van der Waals surface area contributed by atoms with Crippen LogP contribution in [0.3, 0.4) is 0 Å². The second kappa shape index (κ2) is 6.48. The lowest BCUT2D eigenvalue weighted by atomic mass is 10.0. The molecular weight excluding hydrogens is 207 g/mol. The molecule has 0 aliphatic heterocycles. The molecule has 90 valence electrons. The van der Waals surface area contributed by atoms with Crippen LogP contribution in [0.15, 0.2) is 18.2 Å². The Bertz CT molecular complexity index is 326. The van der Waals surface area contributed by atoms with Gasteiger partial charge in [-0.2, -0.15) is 0 Å². The molecule has 0 saturated heterocycles. The SMILES string of the molecule is CCCOc1ccc(F)c(C(O)CCC)c1. The van der Waals surface area contributed by atoms with E-state index in [2.05, 4.69) is 0 Å². The van der Waals surface area contributed by atoms with Gasteiger partial charge in [-0.05, 0) is 31.0 Å². The molecule has 1 rings (SSSR count). The van der Waals surface area contributed by atoms with Gasteiger partial charge in [-0.3, -0.25) is 0 Å². The first-order valence-electron chi connectivity index (χ1n) is 5.79. The molecular formula is C13H19FO2. The van der Waals surface area contributed by atoms with Crippen LogP contribution in [0.5, 0.6) is 5.75 Å². The minimum Gasteiger partial charge on any atom is -0.494 e. The molecule has 1 N–H and O–H groups in total. The first-order valence-corrected chi connectivity index (χ1v) is 5.79. The summed E-state index contributed by atoms with van der Waals surface area (Å²) in [6.07, 6.45) is 1.55. The van der Waals surface area contributed by atoms with Gasteiger partial charge in [0.1, 0.15) is 11.6 Å². The van der Waals surface area contributed by atoms with Gasteiger partial charge >= 0.3 is 0 Å². The van der Waals surface area contributed by atoms with E-state index < -0.39 is 6.10 Å². The molecule has 2 nitrogen and oxygen atoms in total. The molecule has 16 heavy (non-hydrogen) atoms. The number of aliphatic hydroxyl groups is 1. The molecule has 0 bridgehead atoms. The van der Waals surface area contributed by atoms with Crippen LogP contribution in [0.4, 0.5) is 4.39 Å². The predicted octanol–water partition coefficient (Wildman–Crippen LogP) is 3.45. The molecule has 1 atom stereocenters. The summed E-state index contributed by atoms with van der Waals surface area (Å²) in [5.41, 5.74) is 0.329. The summed E-state index contributed by atoms with van der Waals surface area (Å²) in [7, 11) is 0. The summed E-state index contributed by atoms with van der Waals surface area (Å²) < 4.78 is 18.9. The van der Waals surface area contributed by atoms with Crippen molar-refractivity contribution in [2.45, 2.75) is 39.2 Å². The van der Waals surface area contributed by atoms with Crippen molar-refractivity contribution in [3.63, 3.8) is 0 Å². The Balaban J connectivity index is 2.81. The Morgan fingerprint density at radius 2 is 2.06 bits per heavy atom. The average molecular weight is 226 g/mol. The number of rotatable bonds is 6. The molecule has 0 aliphatic carbocycles. The Morgan fingerprint density at radius 3 is 2.69 bits per heavy atom. The third kappa shape index (κ3) is 3.49. The summed E-state index contributed by atoms with van der Waals surface area (Å²) in [6, 6.07) is 4.53. The van der Waals surface area contributed by atoms with Crippen LogP contribution < -0.4 is 4.74 Å². The van der Waals surface area contributed by atoms with Crippen LogP contribution >= 0.6 is 0 Å². The molecule has 0 aromatic heterocycles. The zero-order valence-corrected chi connectivity index (χ0v) is 9.87. The average Bonchev–Trinajstić information content (AvgIpc) is 2.28. The van der Waals surface area contributed by atoms with Crippen molar-refractivity contribution in [1.29, 1.82) is 0 Å². The van der Waals surface area contributed by atoms with Gasteiger partial charge in [0.2, 0.25) is 0 Å². The Morgan fingerprint density at radius 1 is 1.31 bits per heavy atom. The van der Waals surface area contributed by atoms with Gasteiger partial charge in [-0.1, -0.05) is 20.3 Å². The summed E-state index contributed by atoms with van der Waals surface area (Å²) in [5, 5.41) is 9.76. The third-order valence-electron chi connectivity index (χ3n) is 2.36. The molecule has 3 heteroatoms. The van der Waals surface area contributed by atoms with E-state index in [0.29, 0.717) is 24.3 Å². The molecule has 0 aliphatic rings. The van der Waals surface area contributed by atoms with Crippen molar-refractivity contribution in [1.82, 2.24) is 0 Å². The summed E-state index contributed by atoms with van der Waals surface area (Å²) in [4.78, 5) is 0. The molecule has 0 spiro atoms. The van der Waals surface area contributed by atoms with Crippen LogP contribution in [-0.4, -0.2) is 11.7 Å². The largest absolute Gasteiger partial charge is 0.494 e. The monoisotopic (exact) mass is 226 g/mol. The lowest BCUT2D eigenvalue weighted by molar-refractivity contribution is 0.161. The summed E-state index contributed by atoms with van der Waals surface area (Å²) in [6.45, 7) is 4.57. The van der Waals surface area contributed by atoms with Crippen LogP contribution in [0.1, 0.15) is 44.8 Å². The van der Waals surface area contributed by atoms with E-state index >= 15 is 0 Å². The van der Waals surface area contributed by atoms with Gasteiger partial charge in [-0.25, -0.2) is 4.39 Å². The van der Waals surface area contributed by atoms with Crippen molar-refractivity contribution in [3.05, 3.63) is 29.6 Å². The highest BCUT2D eigenvalue weighted by Crippen LogP contribution is 2.25. The molecule has 0 heterocycles. The molecule has 0 amide bonds. The fraction of sp³-hybridized carbons (Fsp3) is 0.538. The van der Waals surface area contributed by atoms with Gasteiger partial charge in [0.25, 0.3) is 0 Å². The van der Waals surface area contributed by atoms with E-state index in [1.807, 2.05) is 13.8 Å². The summed E-state index contributed by atoms with van der Waals surface area (Å²) >= 11 is 0. The van der Waals surface area contributed by atoms with Gasteiger partial charge in [0.05, 0.1) is 12.7 Å². The van der Waals surface area contributed by atoms with E-state index in [1.165, 1.54) is 6.07 Å². The lowest BCUT2D eigenvalue weighted by Crippen LogP contribution is -2.02. The predicted molar refractivity (Wildman–Crippen MR) is 62.1 cm³/mol. The van der Waals surface area contributed by atoms with Crippen molar-refractivity contribution in [2.24, 2.45) is 0 Å². The first kappa shape index (κ1) is 13.0. The number of benzene rings is 1. The normalized spacial score (nSPS) is 12.5. The van der Waals surface area contributed by atoms with Gasteiger partial charge in [0, 0.05) is 5.56 Å². The molecule has 0 saturated carbocycles. The van der Waals surface area contributed by atoms with Crippen molar-refractivity contribution < 1.29 is 14.2 Å². The van der Waals surface area contributed by atoms with E-state index in [1.54, 1.807) is 12.1 Å². The highest BCUT2D eigenvalue weighted by atomic mass is 19.1. The zero-order valence-electron chi connectivity index (χ0n) is 9.87. The Hall–Kier alpha value is -1.09. The number of hydrogen-bond donors (Lipinski definition) is 1. The number of halogens is 1. The maximum atomic E-state index is 13.4. The lowest BCUT2D eigenvalue weighted by Gasteiger charge is -2.13. The maximum absolute atomic E-state index is 13.4. The highest BCUT2D eigenvalue weighted by Gasteiger charge is 2.12. The van der Waals surface area contributed by atoms with E-state index in [0.717, 1.165) is 12.8 Å². The van der Waals surface area contributed by atoms with Crippen molar-refractivity contribution in [3.8, 4) is 5.75 Å². The maximum Gasteiger partial charge on any atom is 0.129 e. The first-order chi connectivity index (χ1) is 7.69. The Labute approximate surface area is 96.1 Å². The molecule has 1 unspecified atom stereocenters. The van der Waals surface area contributed by atoms with Crippen molar-refractivity contribution in [2.75, 3.05) is 6.61 Å². The highest BCUT2D eigenvalue weighted by molar-refractivity contribution is 5.31. The number of aliphatic hydroxyl groups excluding tert-OH is 1. The fourth-order valence-electron chi connectivity index (χ4n) is 1.52. The van der Waals surface area contributed by atoms with Gasteiger partial charge in [-0.15, -0.1) is 0 Å².